The second kappa shape index (κ2) is 2.30. The van der Waals surface area contributed by atoms with Crippen LogP contribution in [0.2, 0.25) is 0 Å². The number of hydrogen-bond acceptors (Lipinski definition) is 4. The molecule has 5 nitrogen and oxygen atoms in total. The van der Waals surface area contributed by atoms with Crippen molar-refractivity contribution in [3.8, 4) is 6.01 Å². The molecule has 0 saturated heterocycles. The summed E-state index contributed by atoms with van der Waals surface area (Å²) in [6.07, 6.45) is 1.48. The lowest BCUT2D eigenvalue weighted by Crippen LogP contribution is -2.12. The predicted molar refractivity (Wildman–Crippen MR) is 39.6 cm³/mol. The van der Waals surface area contributed by atoms with Gasteiger partial charge in [-0.2, -0.15) is 0 Å². The van der Waals surface area contributed by atoms with Crippen molar-refractivity contribution in [2.45, 2.75) is 0 Å². The van der Waals surface area contributed by atoms with Crippen LogP contribution in [0.4, 0.5) is 0 Å². The lowest BCUT2D eigenvalue weighted by Gasteiger charge is -2.02. The van der Waals surface area contributed by atoms with Crippen LogP contribution < -0.4 is 10.7 Å². The van der Waals surface area contributed by atoms with Crippen LogP contribution >= 0.6 is 0 Å². The molecule has 12 heavy (non-hydrogen) atoms. The highest BCUT2D eigenvalue weighted by atomic mass is 16.3. The van der Waals surface area contributed by atoms with Crippen LogP contribution in [0.5, 0.6) is 6.01 Å². The minimum Gasteiger partial charge on any atom is -0.846 e. The van der Waals surface area contributed by atoms with E-state index in [1.807, 2.05) is 0 Å². The number of nitrogens with zero attached hydrogens (tertiary/aromatic N) is 2. The van der Waals surface area contributed by atoms with Crippen LogP contribution in [0.15, 0.2) is 23.1 Å². The molecule has 0 aliphatic heterocycles. The highest BCUT2D eigenvalue weighted by Gasteiger charge is 1.97. The summed E-state index contributed by atoms with van der Waals surface area (Å²) in [4.78, 5) is 20.4. The van der Waals surface area contributed by atoms with Crippen molar-refractivity contribution in [1.29, 1.82) is 0 Å². The third kappa shape index (κ3) is 0.914. The van der Waals surface area contributed by atoms with E-state index in [1.54, 1.807) is 12.1 Å². The average molecular weight is 162 g/mol. The predicted octanol–water partition coefficient (Wildman–Crippen LogP) is -0.608. The molecule has 1 N–H and O–H groups in total. The molecule has 0 unspecified atom stereocenters. The molecule has 2 heterocycles. The van der Waals surface area contributed by atoms with Crippen LogP contribution in [-0.4, -0.2) is 15.0 Å². The number of aromatic amines is 1. The van der Waals surface area contributed by atoms with E-state index in [0.717, 1.165) is 0 Å². The summed E-state index contributed by atoms with van der Waals surface area (Å²) in [5, 5.41) is 11.0. The van der Waals surface area contributed by atoms with Gasteiger partial charge in [0.05, 0.1) is 11.4 Å². The van der Waals surface area contributed by atoms with Gasteiger partial charge in [-0.3, -0.25) is 4.79 Å². The second-order valence-corrected chi connectivity index (χ2v) is 2.25. The second-order valence-electron chi connectivity index (χ2n) is 2.25. The Bertz CT molecular complexity index is 477. The van der Waals surface area contributed by atoms with Gasteiger partial charge < -0.3 is 10.1 Å². The van der Waals surface area contributed by atoms with E-state index < -0.39 is 11.6 Å². The maximum absolute atomic E-state index is 11.1. The molecular weight excluding hydrogens is 158 g/mol. The summed E-state index contributed by atoms with van der Waals surface area (Å²) < 4.78 is 0. The zero-order valence-electron chi connectivity index (χ0n) is 5.94. The third-order valence-corrected chi connectivity index (χ3v) is 1.46. The Kier molecular flexibility index (Phi) is 1.30. The van der Waals surface area contributed by atoms with Crippen LogP contribution in [0.25, 0.3) is 11.0 Å². The number of aromatic nitrogens is 3. The fraction of sp³-hybridized carbons (Fsp3) is 0. The number of pyridine rings is 1. The first kappa shape index (κ1) is 6.78. The van der Waals surface area contributed by atoms with Crippen molar-refractivity contribution in [3.63, 3.8) is 0 Å². The number of hydrogen-bond donors (Lipinski definition) is 1. The Morgan fingerprint density at radius 1 is 1.50 bits per heavy atom. The lowest BCUT2D eigenvalue weighted by atomic mass is 10.3. The van der Waals surface area contributed by atoms with E-state index >= 15 is 0 Å². The van der Waals surface area contributed by atoms with Gasteiger partial charge in [-0.15, -0.1) is 0 Å². The van der Waals surface area contributed by atoms with Gasteiger partial charge in [-0.1, -0.05) is 0 Å². The van der Waals surface area contributed by atoms with Crippen molar-refractivity contribution in [2.75, 3.05) is 0 Å². The van der Waals surface area contributed by atoms with E-state index in [4.69, 9.17) is 0 Å². The van der Waals surface area contributed by atoms with Gasteiger partial charge >= 0.3 is 0 Å². The SMILES string of the molecule is O=c1[nH]c([O-])nc2ncccc12. The molecule has 0 aliphatic carbocycles. The Balaban J connectivity index is 2.99. The molecular formula is C7H4N3O2-. The molecule has 0 bridgehead atoms. The zero-order valence-corrected chi connectivity index (χ0v) is 5.94. The van der Waals surface area contributed by atoms with Gasteiger partial charge in [-0.05, 0) is 12.1 Å². The molecule has 0 spiro atoms. The summed E-state index contributed by atoms with van der Waals surface area (Å²) in [5.41, 5.74) is -0.260. The van der Waals surface area contributed by atoms with Gasteiger partial charge in [0.1, 0.15) is 0 Å². The molecule has 0 radical (unpaired) electrons. The first-order valence-electron chi connectivity index (χ1n) is 3.29. The Morgan fingerprint density at radius 2 is 2.33 bits per heavy atom. The fourth-order valence-electron chi connectivity index (χ4n) is 0.952. The van der Waals surface area contributed by atoms with Gasteiger partial charge in [0.15, 0.2) is 5.65 Å². The van der Waals surface area contributed by atoms with E-state index in [2.05, 4.69) is 15.0 Å². The molecule has 60 valence electrons. The van der Waals surface area contributed by atoms with Crippen molar-refractivity contribution in [1.82, 2.24) is 15.0 Å². The maximum Gasteiger partial charge on any atom is 0.259 e. The third-order valence-electron chi connectivity index (χ3n) is 1.46. The summed E-state index contributed by atoms with van der Waals surface area (Å²) in [6, 6.07) is 2.52. The summed E-state index contributed by atoms with van der Waals surface area (Å²) in [6.45, 7) is 0. The molecule has 2 aromatic rings. The Labute approximate surface area is 66.7 Å². The van der Waals surface area contributed by atoms with Crippen molar-refractivity contribution >= 4 is 11.0 Å². The average Bonchev–Trinajstić information content (AvgIpc) is 2.04. The smallest absolute Gasteiger partial charge is 0.259 e. The fourth-order valence-corrected chi connectivity index (χ4v) is 0.952. The molecule has 2 rings (SSSR count). The van der Waals surface area contributed by atoms with Crippen molar-refractivity contribution < 1.29 is 5.11 Å². The van der Waals surface area contributed by atoms with Gasteiger partial charge in [-0.25, -0.2) is 9.97 Å². The van der Waals surface area contributed by atoms with E-state index in [0.29, 0.717) is 5.39 Å². The maximum atomic E-state index is 11.1. The minimum absolute atomic E-state index is 0.186. The highest BCUT2D eigenvalue weighted by molar-refractivity contribution is 5.72. The zero-order chi connectivity index (χ0) is 8.55. The van der Waals surface area contributed by atoms with E-state index in [9.17, 15) is 9.90 Å². The molecule has 0 fully saturated rings. The van der Waals surface area contributed by atoms with Gasteiger partial charge in [0.25, 0.3) is 5.56 Å². The van der Waals surface area contributed by atoms with Crippen LogP contribution in [0.1, 0.15) is 0 Å². The topological polar surface area (TPSA) is 81.7 Å². The number of fused-ring (bicyclic) bond motifs is 1. The molecule has 5 heteroatoms. The number of rotatable bonds is 0. The largest absolute Gasteiger partial charge is 0.846 e. The highest BCUT2D eigenvalue weighted by Crippen LogP contribution is 2.02. The summed E-state index contributed by atoms with van der Waals surface area (Å²) in [7, 11) is 0. The van der Waals surface area contributed by atoms with Crippen molar-refractivity contribution in [2.24, 2.45) is 0 Å². The normalized spacial score (nSPS) is 10.3. The quantitative estimate of drug-likeness (QED) is 0.560. The molecule has 2 aromatic heterocycles. The number of H-pyrrole nitrogens is 1. The Hall–Kier alpha value is -1.91. The molecule has 0 amide bonds. The molecule has 0 saturated carbocycles. The molecule has 0 aromatic carbocycles. The Morgan fingerprint density at radius 3 is 3.17 bits per heavy atom. The van der Waals surface area contributed by atoms with Gasteiger partial charge in [0, 0.05) is 6.20 Å². The standard InChI is InChI=1S/C7H5N3O2/c11-6-4-2-1-3-8-5(4)9-7(12)10-6/h1-3H,(H2,8,9,10,11,12)/p-1. The molecule has 0 aliphatic rings. The van der Waals surface area contributed by atoms with Crippen LogP contribution in [-0.2, 0) is 0 Å². The van der Waals surface area contributed by atoms with Gasteiger partial charge in [0.2, 0.25) is 0 Å². The summed E-state index contributed by atoms with van der Waals surface area (Å²) in [5.74, 6) is 0. The monoisotopic (exact) mass is 162 g/mol. The van der Waals surface area contributed by atoms with E-state index in [-0.39, 0.29) is 5.65 Å². The van der Waals surface area contributed by atoms with E-state index in [1.165, 1.54) is 6.20 Å². The van der Waals surface area contributed by atoms with Crippen LogP contribution in [0, 0.1) is 0 Å². The first-order chi connectivity index (χ1) is 5.77. The van der Waals surface area contributed by atoms with Crippen LogP contribution in [0.3, 0.4) is 0 Å². The number of nitrogens with one attached hydrogen (secondary N) is 1. The van der Waals surface area contributed by atoms with Crippen molar-refractivity contribution in [3.05, 3.63) is 28.7 Å². The minimum atomic E-state index is -0.661. The lowest BCUT2D eigenvalue weighted by molar-refractivity contribution is -0.281. The molecule has 0 atom stereocenters. The first-order valence-corrected chi connectivity index (χ1v) is 3.29. The summed E-state index contributed by atoms with van der Waals surface area (Å²) >= 11 is 0.